The van der Waals surface area contributed by atoms with Crippen LogP contribution in [-0.4, -0.2) is 10.8 Å². The standard InChI is InChI=1S/C14H11ClN2O3/c1-9-8-12(6-7-13(9)17(19)20)16-14(18)10-2-4-11(15)5-3-10/h2-8H,1H3,(H,16,18). The van der Waals surface area contributed by atoms with Crippen LogP contribution in [0.3, 0.4) is 0 Å². The van der Waals surface area contributed by atoms with Gasteiger partial charge in [0, 0.05) is 27.9 Å². The summed E-state index contributed by atoms with van der Waals surface area (Å²) in [5, 5.41) is 13.9. The van der Waals surface area contributed by atoms with Crippen LogP contribution in [0.1, 0.15) is 15.9 Å². The molecular formula is C14H11ClN2O3. The lowest BCUT2D eigenvalue weighted by Crippen LogP contribution is -2.11. The predicted octanol–water partition coefficient (Wildman–Crippen LogP) is 3.81. The summed E-state index contributed by atoms with van der Waals surface area (Å²) >= 11 is 5.75. The molecule has 0 saturated carbocycles. The summed E-state index contributed by atoms with van der Waals surface area (Å²) in [5.41, 5.74) is 1.48. The van der Waals surface area contributed by atoms with Crippen molar-refractivity contribution in [3.63, 3.8) is 0 Å². The molecular weight excluding hydrogens is 280 g/mol. The number of amides is 1. The molecule has 0 radical (unpaired) electrons. The van der Waals surface area contributed by atoms with Crippen LogP contribution in [-0.2, 0) is 0 Å². The van der Waals surface area contributed by atoms with Gasteiger partial charge in [-0.1, -0.05) is 11.6 Å². The van der Waals surface area contributed by atoms with Crippen molar-refractivity contribution in [2.75, 3.05) is 5.32 Å². The maximum atomic E-state index is 12.0. The number of carbonyl (C=O) groups is 1. The zero-order valence-electron chi connectivity index (χ0n) is 10.6. The minimum absolute atomic E-state index is 0.0227. The van der Waals surface area contributed by atoms with Gasteiger partial charge in [0.25, 0.3) is 11.6 Å². The zero-order chi connectivity index (χ0) is 14.7. The molecule has 0 saturated heterocycles. The molecule has 0 aliphatic heterocycles. The lowest BCUT2D eigenvalue weighted by molar-refractivity contribution is -0.385. The van der Waals surface area contributed by atoms with Gasteiger partial charge >= 0.3 is 0 Å². The lowest BCUT2D eigenvalue weighted by atomic mass is 10.1. The number of halogens is 1. The molecule has 6 heteroatoms. The van der Waals surface area contributed by atoms with Gasteiger partial charge in [-0.15, -0.1) is 0 Å². The molecule has 0 spiro atoms. The third-order valence-electron chi connectivity index (χ3n) is 2.76. The Labute approximate surface area is 120 Å². The van der Waals surface area contributed by atoms with Gasteiger partial charge in [-0.05, 0) is 43.3 Å². The number of carbonyl (C=O) groups excluding carboxylic acids is 1. The van der Waals surface area contributed by atoms with Crippen LogP contribution in [0.15, 0.2) is 42.5 Å². The Hall–Kier alpha value is -2.40. The Bertz CT molecular complexity index is 669. The molecule has 0 unspecified atom stereocenters. The fourth-order valence-corrected chi connectivity index (χ4v) is 1.87. The van der Waals surface area contributed by atoms with Crippen LogP contribution in [0.5, 0.6) is 0 Å². The molecule has 0 atom stereocenters. The summed E-state index contributed by atoms with van der Waals surface area (Å²) in [4.78, 5) is 22.2. The van der Waals surface area contributed by atoms with Gasteiger partial charge in [0.2, 0.25) is 0 Å². The molecule has 20 heavy (non-hydrogen) atoms. The molecule has 0 aliphatic rings. The number of nitrogens with zero attached hydrogens (tertiary/aromatic N) is 1. The summed E-state index contributed by atoms with van der Waals surface area (Å²) in [5.74, 6) is -0.296. The Morgan fingerprint density at radius 2 is 1.85 bits per heavy atom. The first kappa shape index (κ1) is 14.0. The van der Waals surface area contributed by atoms with E-state index in [0.717, 1.165) is 0 Å². The molecule has 0 aromatic heterocycles. The monoisotopic (exact) mass is 290 g/mol. The Morgan fingerprint density at radius 1 is 1.20 bits per heavy atom. The second-order valence-electron chi connectivity index (χ2n) is 4.22. The molecule has 0 bridgehead atoms. The fraction of sp³-hybridized carbons (Fsp3) is 0.0714. The number of nitro groups is 1. The van der Waals surface area contributed by atoms with Gasteiger partial charge in [-0.25, -0.2) is 0 Å². The molecule has 102 valence electrons. The van der Waals surface area contributed by atoms with E-state index in [0.29, 0.717) is 21.8 Å². The summed E-state index contributed by atoms with van der Waals surface area (Å²) in [6.07, 6.45) is 0. The molecule has 2 aromatic rings. The van der Waals surface area contributed by atoms with Crippen molar-refractivity contribution in [3.8, 4) is 0 Å². The van der Waals surface area contributed by atoms with E-state index >= 15 is 0 Å². The summed E-state index contributed by atoms with van der Waals surface area (Å²) in [6, 6.07) is 10.9. The van der Waals surface area contributed by atoms with Crippen molar-refractivity contribution < 1.29 is 9.72 Å². The highest BCUT2D eigenvalue weighted by molar-refractivity contribution is 6.30. The molecule has 0 fully saturated rings. The maximum Gasteiger partial charge on any atom is 0.272 e. The number of nitro benzene ring substituents is 1. The van der Waals surface area contributed by atoms with Crippen molar-refractivity contribution in [2.45, 2.75) is 6.92 Å². The highest BCUT2D eigenvalue weighted by Gasteiger charge is 2.12. The van der Waals surface area contributed by atoms with E-state index in [4.69, 9.17) is 11.6 Å². The number of benzene rings is 2. The molecule has 5 nitrogen and oxygen atoms in total. The van der Waals surface area contributed by atoms with Crippen LogP contribution >= 0.6 is 11.6 Å². The van der Waals surface area contributed by atoms with Crippen molar-refractivity contribution in [1.29, 1.82) is 0 Å². The highest BCUT2D eigenvalue weighted by atomic mass is 35.5. The SMILES string of the molecule is Cc1cc(NC(=O)c2ccc(Cl)cc2)ccc1[N+](=O)[O-]. The van der Waals surface area contributed by atoms with Crippen molar-refractivity contribution in [1.82, 2.24) is 0 Å². The van der Waals surface area contributed by atoms with Crippen LogP contribution in [0.4, 0.5) is 11.4 Å². The number of anilines is 1. The van der Waals surface area contributed by atoms with Gasteiger partial charge in [0.15, 0.2) is 0 Å². The van der Waals surface area contributed by atoms with Gasteiger partial charge in [-0.2, -0.15) is 0 Å². The van der Waals surface area contributed by atoms with E-state index < -0.39 is 4.92 Å². The minimum Gasteiger partial charge on any atom is -0.322 e. The molecule has 1 N–H and O–H groups in total. The van der Waals surface area contributed by atoms with Crippen molar-refractivity contribution >= 4 is 28.9 Å². The minimum atomic E-state index is -0.458. The summed E-state index contributed by atoms with van der Waals surface area (Å²) in [6.45, 7) is 1.62. The Balaban J connectivity index is 2.18. The molecule has 2 aromatic carbocycles. The number of aryl methyl sites for hydroxylation is 1. The maximum absolute atomic E-state index is 12.0. The van der Waals surface area contributed by atoms with Gasteiger partial charge in [0.05, 0.1) is 4.92 Å². The fourth-order valence-electron chi connectivity index (χ4n) is 1.74. The normalized spacial score (nSPS) is 10.1. The van der Waals surface area contributed by atoms with Gasteiger partial charge < -0.3 is 5.32 Å². The van der Waals surface area contributed by atoms with E-state index in [2.05, 4.69) is 5.32 Å². The van der Waals surface area contributed by atoms with E-state index in [1.807, 2.05) is 0 Å². The number of hydrogen-bond donors (Lipinski definition) is 1. The smallest absolute Gasteiger partial charge is 0.272 e. The average molecular weight is 291 g/mol. The zero-order valence-corrected chi connectivity index (χ0v) is 11.3. The number of rotatable bonds is 3. The van der Waals surface area contributed by atoms with Crippen molar-refractivity contribution in [2.24, 2.45) is 0 Å². The third kappa shape index (κ3) is 3.13. The first-order chi connectivity index (χ1) is 9.47. The highest BCUT2D eigenvalue weighted by Crippen LogP contribution is 2.22. The summed E-state index contributed by atoms with van der Waals surface area (Å²) < 4.78 is 0. The predicted molar refractivity (Wildman–Crippen MR) is 77.2 cm³/mol. The van der Waals surface area contributed by atoms with Crippen LogP contribution < -0.4 is 5.32 Å². The topological polar surface area (TPSA) is 72.2 Å². The Kier molecular flexibility index (Phi) is 4.00. The summed E-state index contributed by atoms with van der Waals surface area (Å²) in [7, 11) is 0. The van der Waals surface area contributed by atoms with Crippen LogP contribution in [0.25, 0.3) is 0 Å². The Morgan fingerprint density at radius 3 is 2.40 bits per heavy atom. The van der Waals surface area contributed by atoms with Crippen LogP contribution in [0, 0.1) is 17.0 Å². The third-order valence-corrected chi connectivity index (χ3v) is 3.01. The van der Waals surface area contributed by atoms with Gasteiger partial charge in [0.1, 0.15) is 0 Å². The second kappa shape index (κ2) is 5.71. The second-order valence-corrected chi connectivity index (χ2v) is 4.66. The van der Waals surface area contributed by atoms with E-state index in [1.54, 1.807) is 37.3 Å². The molecule has 0 aliphatic carbocycles. The molecule has 0 heterocycles. The first-order valence-corrected chi connectivity index (χ1v) is 6.17. The quantitative estimate of drug-likeness (QED) is 0.690. The van der Waals surface area contributed by atoms with Gasteiger partial charge in [-0.3, -0.25) is 14.9 Å². The van der Waals surface area contributed by atoms with E-state index in [-0.39, 0.29) is 11.6 Å². The van der Waals surface area contributed by atoms with Crippen LogP contribution in [0.2, 0.25) is 5.02 Å². The molecule has 1 amide bonds. The average Bonchev–Trinajstić information content (AvgIpc) is 2.39. The lowest BCUT2D eigenvalue weighted by Gasteiger charge is -2.06. The largest absolute Gasteiger partial charge is 0.322 e. The first-order valence-electron chi connectivity index (χ1n) is 5.79. The van der Waals surface area contributed by atoms with E-state index in [1.165, 1.54) is 12.1 Å². The van der Waals surface area contributed by atoms with E-state index in [9.17, 15) is 14.9 Å². The number of nitrogens with one attached hydrogen (secondary N) is 1. The number of hydrogen-bond acceptors (Lipinski definition) is 3. The molecule has 2 rings (SSSR count). The van der Waals surface area contributed by atoms with Crippen molar-refractivity contribution in [3.05, 3.63) is 68.7 Å².